The van der Waals surface area contributed by atoms with Crippen LogP contribution in [0.3, 0.4) is 0 Å². The zero-order chi connectivity index (χ0) is 14.2. The average Bonchev–Trinajstić information content (AvgIpc) is 2.36. The molecule has 1 atom stereocenters. The number of β-amino-alcohol motifs (C(OH)–C–C–N with tert-alkyl or cyclic N) is 1. The van der Waals surface area contributed by atoms with Crippen LogP contribution in [0.5, 0.6) is 0 Å². The van der Waals surface area contributed by atoms with Crippen LogP contribution >= 0.6 is 0 Å². The van der Waals surface area contributed by atoms with E-state index < -0.39 is 5.60 Å². The Balaban J connectivity index is 1.83. The number of hydrogen-bond acceptors (Lipinski definition) is 4. The minimum atomic E-state index is -0.567. The summed E-state index contributed by atoms with van der Waals surface area (Å²) in [5, 5.41) is 10.5. The number of hydrogen-bond donors (Lipinski definition) is 1. The van der Waals surface area contributed by atoms with Gasteiger partial charge in [-0.15, -0.1) is 0 Å². The molecule has 0 spiro atoms. The Labute approximate surface area is 121 Å². The molecule has 110 valence electrons. The fraction of sp³-hybridized carbons (Fsp3) is 0.750. The fourth-order valence-electron chi connectivity index (χ4n) is 3.20. The Morgan fingerprint density at radius 1 is 1.35 bits per heavy atom. The van der Waals surface area contributed by atoms with Crippen molar-refractivity contribution in [3.8, 4) is 0 Å². The molecule has 0 amide bonds. The molecular formula is C16H25N3O. The molecule has 1 saturated heterocycles. The quantitative estimate of drug-likeness (QED) is 0.921. The Morgan fingerprint density at radius 3 is 2.80 bits per heavy atom. The van der Waals surface area contributed by atoms with Gasteiger partial charge in [0, 0.05) is 30.4 Å². The summed E-state index contributed by atoms with van der Waals surface area (Å²) in [5.74, 6) is 1.45. The van der Waals surface area contributed by atoms with Gasteiger partial charge in [-0.05, 0) is 45.1 Å². The average molecular weight is 275 g/mol. The molecule has 1 N–H and O–H groups in total. The molecule has 2 aliphatic rings. The summed E-state index contributed by atoms with van der Waals surface area (Å²) in [6.45, 7) is 5.72. The zero-order valence-electron chi connectivity index (χ0n) is 12.6. The highest BCUT2D eigenvalue weighted by Crippen LogP contribution is 2.36. The molecule has 1 aromatic heterocycles. The van der Waals surface area contributed by atoms with E-state index in [1.54, 1.807) is 0 Å². The van der Waals surface area contributed by atoms with Gasteiger partial charge in [-0.1, -0.05) is 13.3 Å². The molecular weight excluding hydrogens is 250 g/mol. The van der Waals surface area contributed by atoms with Gasteiger partial charge < -0.3 is 10.0 Å². The first-order valence-corrected chi connectivity index (χ1v) is 7.92. The van der Waals surface area contributed by atoms with Gasteiger partial charge >= 0.3 is 0 Å². The molecule has 1 aliphatic carbocycles. The first kappa shape index (κ1) is 13.8. The predicted molar refractivity (Wildman–Crippen MR) is 80.0 cm³/mol. The SMILES string of the molecule is CCC1(O)CCCN(c2nc(C)cc(C3CCC3)n2)C1. The van der Waals surface area contributed by atoms with Gasteiger partial charge in [0.05, 0.1) is 5.60 Å². The summed E-state index contributed by atoms with van der Waals surface area (Å²) >= 11 is 0. The second-order valence-corrected chi connectivity index (χ2v) is 6.47. The molecule has 20 heavy (non-hydrogen) atoms. The van der Waals surface area contributed by atoms with E-state index in [1.165, 1.54) is 25.0 Å². The number of nitrogens with zero attached hydrogens (tertiary/aromatic N) is 3. The molecule has 4 heteroatoms. The lowest BCUT2D eigenvalue weighted by Gasteiger charge is -2.39. The second-order valence-electron chi connectivity index (χ2n) is 6.47. The van der Waals surface area contributed by atoms with Crippen LogP contribution in [0.2, 0.25) is 0 Å². The molecule has 1 saturated carbocycles. The van der Waals surface area contributed by atoms with E-state index in [-0.39, 0.29) is 0 Å². The normalized spacial score (nSPS) is 27.4. The predicted octanol–water partition coefficient (Wildman–Crippen LogP) is 2.79. The van der Waals surface area contributed by atoms with Gasteiger partial charge in [-0.25, -0.2) is 9.97 Å². The highest BCUT2D eigenvalue weighted by Gasteiger charge is 2.33. The third-order valence-corrected chi connectivity index (χ3v) is 4.88. The van der Waals surface area contributed by atoms with E-state index in [2.05, 4.69) is 22.9 Å². The van der Waals surface area contributed by atoms with Crippen LogP contribution in [0.15, 0.2) is 6.07 Å². The van der Waals surface area contributed by atoms with Crippen molar-refractivity contribution in [3.05, 3.63) is 17.5 Å². The van der Waals surface area contributed by atoms with Crippen molar-refractivity contribution in [2.75, 3.05) is 18.0 Å². The summed E-state index contributed by atoms with van der Waals surface area (Å²) in [5.41, 5.74) is 1.68. The van der Waals surface area contributed by atoms with E-state index in [1.807, 2.05) is 6.92 Å². The first-order chi connectivity index (χ1) is 9.59. The highest BCUT2D eigenvalue weighted by atomic mass is 16.3. The number of anilines is 1. The molecule has 0 radical (unpaired) electrons. The Morgan fingerprint density at radius 2 is 2.15 bits per heavy atom. The number of piperidine rings is 1. The number of aryl methyl sites for hydroxylation is 1. The maximum atomic E-state index is 10.5. The van der Waals surface area contributed by atoms with Gasteiger partial charge in [-0.3, -0.25) is 0 Å². The van der Waals surface area contributed by atoms with Crippen LogP contribution in [0, 0.1) is 6.92 Å². The van der Waals surface area contributed by atoms with Crippen LogP contribution in [0.25, 0.3) is 0 Å². The summed E-state index contributed by atoms with van der Waals surface area (Å²) in [4.78, 5) is 11.6. The fourth-order valence-corrected chi connectivity index (χ4v) is 3.20. The largest absolute Gasteiger partial charge is 0.388 e. The molecule has 3 rings (SSSR count). The lowest BCUT2D eigenvalue weighted by Crippen LogP contribution is -2.48. The van der Waals surface area contributed by atoms with E-state index >= 15 is 0 Å². The van der Waals surface area contributed by atoms with Gasteiger partial charge in [0.25, 0.3) is 0 Å². The van der Waals surface area contributed by atoms with E-state index in [0.717, 1.165) is 37.4 Å². The maximum absolute atomic E-state index is 10.5. The van der Waals surface area contributed by atoms with Crippen LogP contribution < -0.4 is 4.90 Å². The minimum Gasteiger partial charge on any atom is -0.388 e. The van der Waals surface area contributed by atoms with Crippen LogP contribution in [0.1, 0.15) is 62.8 Å². The highest BCUT2D eigenvalue weighted by molar-refractivity contribution is 5.35. The van der Waals surface area contributed by atoms with Crippen molar-refractivity contribution < 1.29 is 5.11 Å². The number of rotatable bonds is 3. The maximum Gasteiger partial charge on any atom is 0.225 e. The molecule has 2 fully saturated rings. The van der Waals surface area contributed by atoms with Gasteiger partial charge in [0.15, 0.2) is 0 Å². The lowest BCUT2D eigenvalue weighted by molar-refractivity contribution is 0.0219. The van der Waals surface area contributed by atoms with Crippen molar-refractivity contribution in [2.24, 2.45) is 0 Å². The molecule has 0 bridgehead atoms. The van der Waals surface area contributed by atoms with Crippen molar-refractivity contribution in [1.29, 1.82) is 0 Å². The van der Waals surface area contributed by atoms with Gasteiger partial charge in [0.2, 0.25) is 5.95 Å². The Bertz CT molecular complexity index is 487. The monoisotopic (exact) mass is 275 g/mol. The van der Waals surface area contributed by atoms with Gasteiger partial charge in [-0.2, -0.15) is 0 Å². The van der Waals surface area contributed by atoms with Crippen molar-refractivity contribution in [1.82, 2.24) is 9.97 Å². The topological polar surface area (TPSA) is 49.2 Å². The number of aromatic nitrogens is 2. The molecule has 1 aromatic rings. The van der Waals surface area contributed by atoms with E-state index in [0.29, 0.717) is 12.5 Å². The van der Waals surface area contributed by atoms with E-state index in [4.69, 9.17) is 4.98 Å². The zero-order valence-corrected chi connectivity index (χ0v) is 12.6. The molecule has 1 aliphatic heterocycles. The smallest absolute Gasteiger partial charge is 0.225 e. The standard InChI is InChI=1S/C16H25N3O/c1-3-16(20)8-5-9-19(11-16)15-17-12(2)10-14(18-15)13-6-4-7-13/h10,13,20H,3-9,11H2,1-2H3. The van der Waals surface area contributed by atoms with Crippen LogP contribution in [-0.2, 0) is 0 Å². The first-order valence-electron chi connectivity index (χ1n) is 7.92. The van der Waals surface area contributed by atoms with Gasteiger partial charge in [0.1, 0.15) is 0 Å². The third kappa shape index (κ3) is 2.66. The molecule has 4 nitrogen and oxygen atoms in total. The molecule has 0 aromatic carbocycles. The van der Waals surface area contributed by atoms with Crippen molar-refractivity contribution >= 4 is 5.95 Å². The third-order valence-electron chi connectivity index (χ3n) is 4.88. The molecule has 1 unspecified atom stereocenters. The van der Waals surface area contributed by atoms with Crippen LogP contribution in [-0.4, -0.2) is 33.8 Å². The minimum absolute atomic E-state index is 0.567. The van der Waals surface area contributed by atoms with Crippen molar-refractivity contribution in [3.63, 3.8) is 0 Å². The Kier molecular flexibility index (Phi) is 3.67. The van der Waals surface area contributed by atoms with Crippen molar-refractivity contribution in [2.45, 2.75) is 63.9 Å². The van der Waals surface area contributed by atoms with E-state index in [9.17, 15) is 5.11 Å². The number of aliphatic hydroxyl groups is 1. The van der Waals surface area contributed by atoms with Crippen LogP contribution in [0.4, 0.5) is 5.95 Å². The Hall–Kier alpha value is -1.16. The second kappa shape index (κ2) is 5.32. The molecule has 2 heterocycles. The lowest BCUT2D eigenvalue weighted by atomic mass is 9.82. The summed E-state index contributed by atoms with van der Waals surface area (Å²) in [6, 6.07) is 2.13. The summed E-state index contributed by atoms with van der Waals surface area (Å²) < 4.78 is 0. The summed E-state index contributed by atoms with van der Waals surface area (Å²) in [6.07, 6.45) is 6.54. The summed E-state index contributed by atoms with van der Waals surface area (Å²) in [7, 11) is 0.